The second kappa shape index (κ2) is 8.20. The molecule has 1 heterocycles. The molecule has 0 aliphatic heterocycles. The normalized spacial score (nSPS) is 12.5. The lowest BCUT2D eigenvalue weighted by Crippen LogP contribution is -2.19. The zero-order valence-electron chi connectivity index (χ0n) is 13.0. The molecule has 1 N–H and O–H groups in total. The van der Waals surface area contributed by atoms with Crippen molar-refractivity contribution in [1.29, 1.82) is 0 Å². The molecule has 0 amide bonds. The molecule has 5 heteroatoms. The molecule has 0 aliphatic rings. The second-order valence-corrected chi connectivity index (χ2v) is 6.07. The highest BCUT2D eigenvalue weighted by Crippen LogP contribution is 2.23. The van der Waals surface area contributed by atoms with Crippen LogP contribution in [0.1, 0.15) is 44.6 Å². The van der Waals surface area contributed by atoms with E-state index in [-0.39, 0.29) is 0 Å². The molecule has 2 rings (SSSR count). The molecule has 0 spiro atoms. The van der Waals surface area contributed by atoms with Gasteiger partial charge in [0.25, 0.3) is 0 Å². The summed E-state index contributed by atoms with van der Waals surface area (Å²) in [6, 6.07) is 9.21. The molecule has 21 heavy (non-hydrogen) atoms. The molecular formula is C16H24N4S. The Morgan fingerprint density at radius 2 is 2.00 bits per heavy atom. The van der Waals surface area contributed by atoms with Crippen LogP contribution in [0.25, 0.3) is 0 Å². The van der Waals surface area contributed by atoms with Crippen LogP contribution >= 0.6 is 11.8 Å². The predicted molar refractivity (Wildman–Crippen MR) is 88.4 cm³/mol. The van der Waals surface area contributed by atoms with Gasteiger partial charge >= 0.3 is 0 Å². The summed E-state index contributed by atoms with van der Waals surface area (Å²) < 4.78 is 1.94. The van der Waals surface area contributed by atoms with E-state index in [9.17, 15) is 0 Å². The van der Waals surface area contributed by atoms with Crippen LogP contribution < -0.4 is 5.32 Å². The lowest BCUT2D eigenvalue weighted by Gasteiger charge is -2.14. The molecule has 0 radical (unpaired) electrons. The smallest absolute Gasteiger partial charge is 0.138 e. The Balaban J connectivity index is 1.90. The maximum absolute atomic E-state index is 4.30. The van der Waals surface area contributed by atoms with Gasteiger partial charge in [0.05, 0.1) is 5.75 Å². The van der Waals surface area contributed by atoms with Crippen LogP contribution in [0.5, 0.6) is 0 Å². The van der Waals surface area contributed by atoms with E-state index in [4.69, 9.17) is 0 Å². The summed E-state index contributed by atoms with van der Waals surface area (Å²) >= 11 is 1.80. The van der Waals surface area contributed by atoms with Crippen molar-refractivity contribution in [1.82, 2.24) is 20.1 Å². The maximum Gasteiger partial charge on any atom is 0.138 e. The quantitative estimate of drug-likeness (QED) is 0.756. The third-order valence-corrected chi connectivity index (χ3v) is 4.45. The third kappa shape index (κ3) is 4.58. The summed E-state index contributed by atoms with van der Waals surface area (Å²) in [6.07, 6.45) is 2.79. The molecule has 4 nitrogen and oxygen atoms in total. The third-order valence-electron chi connectivity index (χ3n) is 3.44. The average molecular weight is 304 g/mol. The van der Waals surface area contributed by atoms with Gasteiger partial charge in [-0.3, -0.25) is 0 Å². The van der Waals surface area contributed by atoms with Gasteiger partial charge in [-0.1, -0.05) is 19.1 Å². The summed E-state index contributed by atoms with van der Waals surface area (Å²) in [5.74, 6) is 1.89. The fraction of sp³-hybridized carbons (Fsp3) is 0.500. The minimum Gasteiger partial charge on any atom is -0.310 e. The number of aryl methyl sites for hydroxylation is 1. The van der Waals surface area contributed by atoms with E-state index >= 15 is 0 Å². The first-order valence-corrected chi connectivity index (χ1v) is 8.56. The van der Waals surface area contributed by atoms with Crippen LogP contribution in [0.4, 0.5) is 0 Å². The molecule has 1 atom stereocenters. The van der Waals surface area contributed by atoms with Gasteiger partial charge in [-0.25, -0.2) is 9.67 Å². The van der Waals surface area contributed by atoms with E-state index in [1.165, 1.54) is 10.5 Å². The van der Waals surface area contributed by atoms with Gasteiger partial charge in [0.1, 0.15) is 12.2 Å². The van der Waals surface area contributed by atoms with Gasteiger partial charge in [-0.15, -0.1) is 11.8 Å². The highest BCUT2D eigenvalue weighted by atomic mass is 32.2. The van der Waals surface area contributed by atoms with E-state index in [2.05, 4.69) is 60.4 Å². The van der Waals surface area contributed by atoms with E-state index in [1.54, 1.807) is 18.1 Å². The summed E-state index contributed by atoms with van der Waals surface area (Å²) in [5.41, 5.74) is 1.34. The van der Waals surface area contributed by atoms with Crippen molar-refractivity contribution in [3.63, 3.8) is 0 Å². The molecule has 0 fully saturated rings. The first-order chi connectivity index (χ1) is 10.2. The lowest BCUT2D eigenvalue weighted by molar-refractivity contribution is 0.570. The van der Waals surface area contributed by atoms with Crippen molar-refractivity contribution in [2.24, 2.45) is 0 Å². The number of nitrogens with one attached hydrogen (secondary N) is 1. The van der Waals surface area contributed by atoms with Crippen LogP contribution in [0.3, 0.4) is 0 Å². The van der Waals surface area contributed by atoms with Gasteiger partial charge < -0.3 is 5.32 Å². The molecule has 0 saturated carbocycles. The Kier molecular flexibility index (Phi) is 6.26. The minimum absolute atomic E-state index is 0.409. The van der Waals surface area contributed by atoms with Crippen molar-refractivity contribution in [2.75, 3.05) is 6.54 Å². The number of hydrogen-bond acceptors (Lipinski definition) is 4. The first kappa shape index (κ1) is 16.0. The Morgan fingerprint density at radius 3 is 2.67 bits per heavy atom. The molecule has 0 bridgehead atoms. The first-order valence-electron chi connectivity index (χ1n) is 7.57. The van der Waals surface area contributed by atoms with Gasteiger partial charge in [0.2, 0.25) is 0 Å². The average Bonchev–Trinajstić information content (AvgIpc) is 2.98. The maximum atomic E-state index is 4.30. The molecule has 0 aliphatic carbocycles. The number of hydrogen-bond donors (Lipinski definition) is 1. The zero-order chi connectivity index (χ0) is 15.1. The fourth-order valence-electron chi connectivity index (χ4n) is 2.14. The number of aromatic nitrogens is 3. The summed E-state index contributed by atoms with van der Waals surface area (Å²) in [7, 11) is 0. The van der Waals surface area contributed by atoms with Gasteiger partial charge in [0, 0.05) is 17.5 Å². The SMILES string of the molecule is CCCNC(C)c1ccc(SCc2ncnn2CC)cc1. The van der Waals surface area contributed by atoms with Crippen molar-refractivity contribution in [2.45, 2.75) is 50.4 Å². The molecule has 1 unspecified atom stereocenters. The molecule has 1 aromatic heterocycles. The lowest BCUT2D eigenvalue weighted by atomic mass is 10.1. The van der Waals surface area contributed by atoms with Crippen molar-refractivity contribution in [3.8, 4) is 0 Å². The largest absolute Gasteiger partial charge is 0.310 e. The van der Waals surface area contributed by atoms with E-state index in [0.29, 0.717) is 6.04 Å². The molecule has 1 aromatic carbocycles. The molecule has 2 aromatic rings. The number of thioether (sulfide) groups is 1. The van der Waals surface area contributed by atoms with Gasteiger partial charge in [-0.05, 0) is 44.5 Å². The topological polar surface area (TPSA) is 42.7 Å². The summed E-state index contributed by atoms with van der Waals surface area (Å²) in [4.78, 5) is 5.57. The Hall–Kier alpha value is -1.33. The van der Waals surface area contributed by atoms with Crippen molar-refractivity contribution < 1.29 is 0 Å². The van der Waals surface area contributed by atoms with E-state index in [1.807, 2.05) is 4.68 Å². The van der Waals surface area contributed by atoms with Crippen LogP contribution in [0.15, 0.2) is 35.5 Å². The van der Waals surface area contributed by atoms with Crippen LogP contribution in [0.2, 0.25) is 0 Å². The number of nitrogens with zero attached hydrogens (tertiary/aromatic N) is 3. The zero-order valence-corrected chi connectivity index (χ0v) is 13.9. The van der Waals surface area contributed by atoms with Crippen LogP contribution in [-0.4, -0.2) is 21.3 Å². The summed E-state index contributed by atoms with van der Waals surface area (Å²) in [6.45, 7) is 8.41. The van der Waals surface area contributed by atoms with Gasteiger partial charge in [-0.2, -0.15) is 5.10 Å². The summed E-state index contributed by atoms with van der Waals surface area (Å²) in [5, 5.41) is 7.71. The number of benzene rings is 1. The fourth-order valence-corrected chi connectivity index (χ4v) is 2.99. The van der Waals surface area contributed by atoms with E-state index < -0.39 is 0 Å². The Bertz CT molecular complexity index is 535. The second-order valence-electron chi connectivity index (χ2n) is 5.03. The standard InChI is InChI=1S/C16H24N4S/c1-4-10-17-13(3)14-6-8-15(9-7-14)21-11-16-18-12-19-20(16)5-2/h6-9,12-13,17H,4-5,10-11H2,1-3H3. The van der Waals surface area contributed by atoms with Crippen molar-refractivity contribution >= 4 is 11.8 Å². The Labute approximate surface area is 131 Å². The number of rotatable bonds is 8. The minimum atomic E-state index is 0.409. The molecule has 0 saturated heterocycles. The highest BCUT2D eigenvalue weighted by Gasteiger charge is 2.06. The van der Waals surface area contributed by atoms with Gasteiger partial charge in [0.15, 0.2) is 0 Å². The van der Waals surface area contributed by atoms with Crippen LogP contribution in [-0.2, 0) is 12.3 Å². The van der Waals surface area contributed by atoms with Crippen LogP contribution in [0, 0.1) is 0 Å². The molecule has 114 valence electrons. The monoisotopic (exact) mass is 304 g/mol. The highest BCUT2D eigenvalue weighted by molar-refractivity contribution is 7.98. The van der Waals surface area contributed by atoms with Crippen molar-refractivity contribution in [3.05, 3.63) is 42.0 Å². The van der Waals surface area contributed by atoms with E-state index in [0.717, 1.165) is 31.1 Å². The Morgan fingerprint density at radius 1 is 1.24 bits per heavy atom. The molecular weight excluding hydrogens is 280 g/mol. The predicted octanol–water partition coefficient (Wildman–Crippen LogP) is 3.65.